The Morgan fingerprint density at radius 1 is 1.18 bits per heavy atom. The number of carbonyl (C=O) groups excluding carboxylic acids is 2. The van der Waals surface area contributed by atoms with Crippen LogP contribution >= 0.6 is 23.2 Å². The van der Waals surface area contributed by atoms with Gasteiger partial charge in [0.25, 0.3) is 5.91 Å². The molecular weight excluding hydrogens is 401 g/mol. The summed E-state index contributed by atoms with van der Waals surface area (Å²) in [6.07, 6.45) is 3.37. The minimum Gasteiger partial charge on any atom is -0.384 e. The van der Waals surface area contributed by atoms with Crippen LogP contribution in [0.3, 0.4) is 0 Å². The van der Waals surface area contributed by atoms with Gasteiger partial charge in [-0.1, -0.05) is 23.2 Å². The number of carbonyl (C=O) groups is 2. The van der Waals surface area contributed by atoms with E-state index in [0.717, 1.165) is 39.2 Å². The second-order valence-corrected chi connectivity index (χ2v) is 8.37. The molecule has 2 aliphatic rings. The van der Waals surface area contributed by atoms with Crippen molar-refractivity contribution in [2.75, 3.05) is 46.4 Å². The number of rotatable bonds is 6. The van der Waals surface area contributed by atoms with E-state index >= 15 is 0 Å². The SMILES string of the molecule is COCC1CCCN(C2CCN(C(=O)CNC(=O)c3ccc(Cl)c(Cl)c3)C2)C1. The summed E-state index contributed by atoms with van der Waals surface area (Å²) in [5.74, 6) is 0.191. The highest BCUT2D eigenvalue weighted by molar-refractivity contribution is 6.42. The smallest absolute Gasteiger partial charge is 0.251 e. The van der Waals surface area contributed by atoms with Gasteiger partial charge in [0, 0.05) is 38.3 Å². The summed E-state index contributed by atoms with van der Waals surface area (Å²) in [5, 5.41) is 3.39. The van der Waals surface area contributed by atoms with Crippen molar-refractivity contribution in [2.45, 2.75) is 25.3 Å². The molecule has 1 N–H and O–H groups in total. The number of ether oxygens (including phenoxy) is 1. The molecule has 3 rings (SSSR count). The minimum absolute atomic E-state index is 0.0158. The zero-order valence-corrected chi connectivity index (χ0v) is 17.6. The molecule has 0 radical (unpaired) electrons. The Bertz CT molecular complexity index is 714. The zero-order valence-electron chi connectivity index (χ0n) is 16.1. The van der Waals surface area contributed by atoms with Gasteiger partial charge in [0.05, 0.1) is 23.2 Å². The second-order valence-electron chi connectivity index (χ2n) is 7.55. The molecule has 8 heteroatoms. The highest BCUT2D eigenvalue weighted by atomic mass is 35.5. The number of likely N-dealkylation sites (tertiary alicyclic amines) is 2. The topological polar surface area (TPSA) is 61.9 Å². The summed E-state index contributed by atoms with van der Waals surface area (Å²) in [7, 11) is 1.75. The quantitative estimate of drug-likeness (QED) is 0.757. The van der Waals surface area contributed by atoms with Crippen LogP contribution in [0.5, 0.6) is 0 Å². The molecule has 0 saturated carbocycles. The first-order valence-corrected chi connectivity index (χ1v) is 10.5. The number of nitrogens with one attached hydrogen (secondary N) is 1. The number of hydrogen-bond donors (Lipinski definition) is 1. The van der Waals surface area contributed by atoms with Gasteiger partial charge in [-0.05, 0) is 49.9 Å². The molecule has 2 amide bonds. The Kier molecular flexibility index (Phi) is 7.57. The first-order valence-electron chi connectivity index (χ1n) is 9.72. The molecule has 1 aromatic carbocycles. The first kappa shape index (κ1) is 21.4. The summed E-state index contributed by atoms with van der Waals surface area (Å²) < 4.78 is 5.31. The molecule has 2 saturated heterocycles. The predicted octanol–water partition coefficient (Wildman–Crippen LogP) is 2.68. The summed E-state index contributed by atoms with van der Waals surface area (Å²) in [6, 6.07) is 5.06. The molecule has 1 aromatic rings. The number of amides is 2. The van der Waals surface area contributed by atoms with Gasteiger partial charge in [0.1, 0.15) is 0 Å². The lowest BCUT2D eigenvalue weighted by molar-refractivity contribution is -0.129. The van der Waals surface area contributed by atoms with Crippen molar-refractivity contribution in [1.29, 1.82) is 0 Å². The fourth-order valence-electron chi connectivity index (χ4n) is 4.07. The van der Waals surface area contributed by atoms with Crippen LogP contribution in [0.2, 0.25) is 10.0 Å². The lowest BCUT2D eigenvalue weighted by Crippen LogP contribution is -2.46. The maximum Gasteiger partial charge on any atom is 0.251 e. The largest absolute Gasteiger partial charge is 0.384 e. The average Bonchev–Trinajstić information content (AvgIpc) is 3.19. The fraction of sp³-hybridized carbons (Fsp3) is 0.600. The Hall–Kier alpha value is -1.34. The summed E-state index contributed by atoms with van der Waals surface area (Å²) in [6.45, 7) is 4.36. The normalized spacial score (nSPS) is 23.0. The predicted molar refractivity (Wildman–Crippen MR) is 110 cm³/mol. The summed E-state index contributed by atoms with van der Waals surface area (Å²) >= 11 is 11.8. The molecule has 0 bridgehead atoms. The Balaban J connectivity index is 1.46. The molecular formula is C20H27Cl2N3O3. The van der Waals surface area contributed by atoms with Gasteiger partial charge in [-0.15, -0.1) is 0 Å². The molecule has 2 fully saturated rings. The van der Waals surface area contributed by atoms with E-state index in [1.807, 2.05) is 4.90 Å². The third kappa shape index (κ3) is 5.38. The number of methoxy groups -OCH3 is 1. The minimum atomic E-state index is -0.332. The van der Waals surface area contributed by atoms with Gasteiger partial charge >= 0.3 is 0 Å². The van der Waals surface area contributed by atoms with Crippen molar-refractivity contribution in [3.8, 4) is 0 Å². The van der Waals surface area contributed by atoms with Crippen LogP contribution in [-0.4, -0.2) is 74.1 Å². The molecule has 6 nitrogen and oxygen atoms in total. The molecule has 2 heterocycles. The van der Waals surface area contributed by atoms with Crippen LogP contribution in [0.4, 0.5) is 0 Å². The Morgan fingerprint density at radius 3 is 2.75 bits per heavy atom. The third-order valence-corrected chi connectivity index (χ3v) is 6.31. The van der Waals surface area contributed by atoms with Gasteiger partial charge in [-0.2, -0.15) is 0 Å². The first-order chi connectivity index (χ1) is 13.5. The van der Waals surface area contributed by atoms with Crippen molar-refractivity contribution in [2.24, 2.45) is 5.92 Å². The zero-order chi connectivity index (χ0) is 20.1. The Morgan fingerprint density at radius 2 is 2.00 bits per heavy atom. The third-order valence-electron chi connectivity index (χ3n) is 5.57. The van der Waals surface area contributed by atoms with E-state index in [9.17, 15) is 9.59 Å². The molecule has 154 valence electrons. The Labute approximate surface area is 176 Å². The van der Waals surface area contributed by atoms with E-state index in [1.165, 1.54) is 18.9 Å². The molecule has 0 spiro atoms. The van der Waals surface area contributed by atoms with E-state index in [0.29, 0.717) is 27.6 Å². The number of benzene rings is 1. The second kappa shape index (κ2) is 9.92. The highest BCUT2D eigenvalue weighted by Crippen LogP contribution is 2.24. The van der Waals surface area contributed by atoms with Gasteiger partial charge in [0.2, 0.25) is 5.91 Å². The van der Waals surface area contributed by atoms with Gasteiger partial charge in [-0.3, -0.25) is 14.5 Å². The van der Waals surface area contributed by atoms with Crippen LogP contribution in [-0.2, 0) is 9.53 Å². The van der Waals surface area contributed by atoms with E-state index in [1.54, 1.807) is 19.2 Å². The van der Waals surface area contributed by atoms with Gasteiger partial charge < -0.3 is 15.0 Å². The number of nitrogens with zero attached hydrogens (tertiary/aromatic N) is 2. The van der Waals surface area contributed by atoms with Crippen molar-refractivity contribution in [1.82, 2.24) is 15.1 Å². The summed E-state index contributed by atoms with van der Waals surface area (Å²) in [4.78, 5) is 29.1. The monoisotopic (exact) mass is 427 g/mol. The van der Waals surface area contributed by atoms with Crippen molar-refractivity contribution < 1.29 is 14.3 Å². The van der Waals surface area contributed by atoms with Crippen LogP contribution < -0.4 is 5.32 Å². The van der Waals surface area contributed by atoms with Crippen molar-refractivity contribution in [3.63, 3.8) is 0 Å². The maximum absolute atomic E-state index is 12.5. The van der Waals surface area contributed by atoms with E-state index < -0.39 is 0 Å². The van der Waals surface area contributed by atoms with E-state index in [4.69, 9.17) is 27.9 Å². The van der Waals surface area contributed by atoms with Crippen molar-refractivity contribution in [3.05, 3.63) is 33.8 Å². The van der Waals surface area contributed by atoms with Crippen molar-refractivity contribution >= 4 is 35.0 Å². The molecule has 2 unspecified atom stereocenters. The lowest BCUT2D eigenvalue weighted by Gasteiger charge is -2.36. The van der Waals surface area contributed by atoms with Gasteiger partial charge in [-0.25, -0.2) is 0 Å². The standard InChI is InChI=1S/C20H27Cl2N3O3/c1-28-13-14-3-2-7-24(11-14)16-6-8-25(12-16)19(26)10-23-20(27)15-4-5-17(21)18(22)9-15/h4-5,9,14,16H,2-3,6-8,10-13H2,1H3,(H,23,27). The molecule has 0 aliphatic carbocycles. The number of hydrogen-bond acceptors (Lipinski definition) is 4. The molecule has 28 heavy (non-hydrogen) atoms. The van der Waals surface area contributed by atoms with Crippen LogP contribution in [0.15, 0.2) is 18.2 Å². The highest BCUT2D eigenvalue weighted by Gasteiger charge is 2.33. The molecule has 2 aliphatic heterocycles. The van der Waals surface area contributed by atoms with Gasteiger partial charge in [0.15, 0.2) is 0 Å². The molecule has 0 aromatic heterocycles. The lowest BCUT2D eigenvalue weighted by atomic mass is 9.97. The average molecular weight is 428 g/mol. The number of halogens is 2. The summed E-state index contributed by atoms with van der Waals surface area (Å²) in [5.41, 5.74) is 0.388. The fourth-order valence-corrected chi connectivity index (χ4v) is 4.37. The van der Waals surface area contributed by atoms with Crippen LogP contribution in [0.1, 0.15) is 29.6 Å². The van der Waals surface area contributed by atoms with E-state index in [2.05, 4.69) is 10.2 Å². The van der Waals surface area contributed by atoms with E-state index in [-0.39, 0.29) is 18.4 Å². The maximum atomic E-state index is 12.5. The number of piperidine rings is 1. The molecule has 2 atom stereocenters. The van der Waals surface area contributed by atoms with Crippen LogP contribution in [0, 0.1) is 5.92 Å². The van der Waals surface area contributed by atoms with Crippen LogP contribution in [0.25, 0.3) is 0 Å².